The predicted molar refractivity (Wildman–Crippen MR) is 101 cm³/mol. The van der Waals surface area contributed by atoms with Crippen molar-refractivity contribution in [3.8, 4) is 0 Å². The van der Waals surface area contributed by atoms with Gasteiger partial charge in [-0.15, -0.1) is 12.4 Å². The first-order valence-corrected chi connectivity index (χ1v) is 8.89. The average molecular weight is 366 g/mol. The molecule has 2 heterocycles. The van der Waals surface area contributed by atoms with Crippen LogP contribution in [0.3, 0.4) is 0 Å². The molecule has 0 aliphatic carbocycles. The van der Waals surface area contributed by atoms with Crippen molar-refractivity contribution >= 4 is 24.2 Å². The minimum atomic E-state index is -0.287. The number of carbonyl (C=O) groups is 2. The van der Waals surface area contributed by atoms with E-state index in [0.717, 1.165) is 31.5 Å². The van der Waals surface area contributed by atoms with Crippen molar-refractivity contribution < 1.29 is 9.59 Å². The first kappa shape index (κ1) is 19.7. The summed E-state index contributed by atoms with van der Waals surface area (Å²) in [5.74, 6) is 0.224. The molecule has 2 saturated heterocycles. The minimum absolute atomic E-state index is 0. The molecule has 5 nitrogen and oxygen atoms in total. The molecule has 1 unspecified atom stereocenters. The number of hydrogen-bond donors (Lipinski definition) is 1. The summed E-state index contributed by atoms with van der Waals surface area (Å²) >= 11 is 0. The number of piperidine rings is 1. The van der Waals surface area contributed by atoms with Crippen LogP contribution in [0.25, 0.3) is 0 Å². The first-order chi connectivity index (χ1) is 11.6. The molecule has 138 valence electrons. The van der Waals surface area contributed by atoms with E-state index in [1.807, 2.05) is 31.0 Å². The van der Waals surface area contributed by atoms with Crippen LogP contribution < -0.4 is 5.32 Å². The lowest BCUT2D eigenvalue weighted by molar-refractivity contribution is -0.142. The molecule has 1 N–H and O–H groups in total. The summed E-state index contributed by atoms with van der Waals surface area (Å²) in [5, 5.41) is 3.28. The van der Waals surface area contributed by atoms with E-state index in [-0.39, 0.29) is 30.3 Å². The van der Waals surface area contributed by atoms with E-state index in [4.69, 9.17) is 0 Å². The van der Waals surface area contributed by atoms with Gasteiger partial charge < -0.3 is 15.1 Å². The Morgan fingerprint density at radius 1 is 1.16 bits per heavy atom. The average Bonchev–Trinajstić information content (AvgIpc) is 2.97. The van der Waals surface area contributed by atoms with Gasteiger partial charge in [0, 0.05) is 32.1 Å². The molecule has 3 rings (SSSR count). The zero-order valence-corrected chi connectivity index (χ0v) is 15.8. The summed E-state index contributed by atoms with van der Waals surface area (Å²) in [6, 6.07) is 8.40. The summed E-state index contributed by atoms with van der Waals surface area (Å²) in [6.45, 7) is 4.15. The van der Waals surface area contributed by atoms with Crippen molar-refractivity contribution in [2.24, 2.45) is 0 Å². The van der Waals surface area contributed by atoms with Crippen LogP contribution in [0.1, 0.15) is 36.8 Å². The highest BCUT2D eigenvalue weighted by Crippen LogP contribution is 2.24. The lowest BCUT2D eigenvalue weighted by Crippen LogP contribution is -2.51. The van der Waals surface area contributed by atoms with Crippen LogP contribution in [0.5, 0.6) is 0 Å². The molecule has 6 heteroatoms. The molecule has 2 amide bonds. The molecule has 0 bridgehead atoms. The molecule has 2 aliphatic heterocycles. The maximum atomic E-state index is 12.9. The summed E-state index contributed by atoms with van der Waals surface area (Å²) in [4.78, 5) is 28.9. The summed E-state index contributed by atoms with van der Waals surface area (Å²) < 4.78 is 0. The van der Waals surface area contributed by atoms with Crippen LogP contribution in [0, 0.1) is 6.92 Å². The second-order valence-corrected chi connectivity index (χ2v) is 6.95. The van der Waals surface area contributed by atoms with Gasteiger partial charge in [0.15, 0.2) is 0 Å². The van der Waals surface area contributed by atoms with E-state index in [1.165, 1.54) is 5.56 Å². The topological polar surface area (TPSA) is 52.7 Å². The molecule has 1 atom stereocenters. The van der Waals surface area contributed by atoms with Gasteiger partial charge in [-0.25, -0.2) is 0 Å². The van der Waals surface area contributed by atoms with E-state index < -0.39 is 0 Å². The number of likely N-dealkylation sites (tertiary alicyclic amines) is 2. The number of hydrogen-bond acceptors (Lipinski definition) is 3. The highest BCUT2D eigenvalue weighted by molar-refractivity contribution is 5.91. The van der Waals surface area contributed by atoms with Crippen LogP contribution in [0.4, 0.5) is 0 Å². The standard InChI is InChI=1S/C19H27N3O2.ClH/c1-14-3-5-15(6-4-14)13-22-17(7-8-18(22)23)19(24)21-11-9-16(20-2)10-12-21;/h3-6,16-17,20H,7-13H2,1-2H3;1H. The quantitative estimate of drug-likeness (QED) is 0.889. The molecule has 0 aromatic heterocycles. The molecule has 2 fully saturated rings. The second kappa shape index (κ2) is 8.68. The highest BCUT2D eigenvalue weighted by atomic mass is 35.5. The van der Waals surface area contributed by atoms with E-state index in [9.17, 15) is 9.59 Å². The summed E-state index contributed by atoms with van der Waals surface area (Å²) in [5.41, 5.74) is 2.29. The van der Waals surface area contributed by atoms with Gasteiger partial charge in [0.2, 0.25) is 11.8 Å². The van der Waals surface area contributed by atoms with Gasteiger partial charge >= 0.3 is 0 Å². The first-order valence-electron chi connectivity index (χ1n) is 8.89. The van der Waals surface area contributed by atoms with E-state index >= 15 is 0 Å². The number of halogens is 1. The van der Waals surface area contributed by atoms with Crippen molar-refractivity contribution in [2.45, 2.75) is 51.2 Å². The predicted octanol–water partition coefficient (Wildman–Crippen LogP) is 2.12. The fraction of sp³-hybridized carbons (Fsp3) is 0.579. The van der Waals surface area contributed by atoms with Gasteiger partial charge in [-0.1, -0.05) is 29.8 Å². The second-order valence-electron chi connectivity index (χ2n) is 6.95. The smallest absolute Gasteiger partial charge is 0.245 e. The van der Waals surface area contributed by atoms with Crippen LogP contribution >= 0.6 is 12.4 Å². The van der Waals surface area contributed by atoms with Crippen molar-refractivity contribution in [3.05, 3.63) is 35.4 Å². The van der Waals surface area contributed by atoms with Crippen LogP contribution in [-0.4, -0.2) is 53.8 Å². The molecule has 25 heavy (non-hydrogen) atoms. The van der Waals surface area contributed by atoms with E-state index in [1.54, 1.807) is 4.90 Å². The number of nitrogens with one attached hydrogen (secondary N) is 1. The molecule has 2 aliphatic rings. The van der Waals surface area contributed by atoms with Crippen molar-refractivity contribution in [2.75, 3.05) is 20.1 Å². The third-order valence-corrected chi connectivity index (χ3v) is 5.30. The van der Waals surface area contributed by atoms with Gasteiger partial charge in [0.25, 0.3) is 0 Å². The maximum Gasteiger partial charge on any atom is 0.245 e. The number of carbonyl (C=O) groups excluding carboxylic acids is 2. The molecule has 0 spiro atoms. The van der Waals surface area contributed by atoms with E-state index in [0.29, 0.717) is 25.4 Å². The fourth-order valence-electron chi connectivity index (χ4n) is 3.68. The Morgan fingerprint density at radius 3 is 2.40 bits per heavy atom. The maximum absolute atomic E-state index is 12.9. The molecule has 1 aromatic rings. The third kappa shape index (κ3) is 4.53. The Morgan fingerprint density at radius 2 is 1.80 bits per heavy atom. The van der Waals surface area contributed by atoms with Gasteiger partial charge in [-0.2, -0.15) is 0 Å². The Kier molecular flexibility index (Phi) is 6.85. The monoisotopic (exact) mass is 365 g/mol. The lowest BCUT2D eigenvalue weighted by atomic mass is 10.0. The number of benzene rings is 1. The largest absolute Gasteiger partial charge is 0.341 e. The van der Waals surface area contributed by atoms with Gasteiger partial charge in [0.1, 0.15) is 6.04 Å². The summed E-state index contributed by atoms with van der Waals surface area (Å²) in [7, 11) is 1.97. The highest BCUT2D eigenvalue weighted by Gasteiger charge is 2.38. The number of amides is 2. The van der Waals surface area contributed by atoms with E-state index in [2.05, 4.69) is 17.4 Å². The van der Waals surface area contributed by atoms with Gasteiger partial charge in [0.05, 0.1) is 0 Å². The van der Waals surface area contributed by atoms with Gasteiger partial charge in [-0.05, 0) is 38.8 Å². The molecule has 0 saturated carbocycles. The molecular formula is C19H28ClN3O2. The molecule has 0 radical (unpaired) electrons. The third-order valence-electron chi connectivity index (χ3n) is 5.30. The number of aryl methyl sites for hydroxylation is 1. The molecular weight excluding hydrogens is 338 g/mol. The number of rotatable bonds is 4. The van der Waals surface area contributed by atoms with Crippen molar-refractivity contribution in [1.29, 1.82) is 0 Å². The SMILES string of the molecule is CNC1CCN(C(=O)C2CCC(=O)N2Cc2ccc(C)cc2)CC1.Cl. The van der Waals surface area contributed by atoms with Crippen LogP contribution in [0.2, 0.25) is 0 Å². The van der Waals surface area contributed by atoms with Crippen molar-refractivity contribution in [3.63, 3.8) is 0 Å². The zero-order valence-electron chi connectivity index (χ0n) is 15.0. The Hall–Kier alpha value is -1.59. The summed E-state index contributed by atoms with van der Waals surface area (Å²) in [6.07, 6.45) is 3.10. The van der Waals surface area contributed by atoms with Gasteiger partial charge in [-0.3, -0.25) is 9.59 Å². The number of nitrogens with zero attached hydrogens (tertiary/aromatic N) is 2. The minimum Gasteiger partial charge on any atom is -0.341 e. The Balaban J connectivity index is 0.00000225. The lowest BCUT2D eigenvalue weighted by Gasteiger charge is -2.35. The van der Waals surface area contributed by atoms with Crippen molar-refractivity contribution in [1.82, 2.24) is 15.1 Å². The normalized spacial score (nSPS) is 21.4. The fourth-order valence-corrected chi connectivity index (χ4v) is 3.68. The Bertz CT molecular complexity index is 597. The molecule has 1 aromatic carbocycles. The van der Waals surface area contributed by atoms with Crippen LogP contribution in [-0.2, 0) is 16.1 Å². The Labute approximate surface area is 156 Å². The van der Waals surface area contributed by atoms with Crippen LogP contribution in [0.15, 0.2) is 24.3 Å². The zero-order chi connectivity index (χ0) is 17.1.